The van der Waals surface area contributed by atoms with Crippen molar-refractivity contribution in [3.63, 3.8) is 0 Å². The standard InChI is InChI=1S/C14H15FN2O/c1-2-14(18,9-11-5-7-16-8-6-11)13-4-3-12(15)10-17-13/h3-8,10,18H,2,9H2,1H3. The molecule has 2 rings (SSSR count). The third-order valence-electron chi connectivity index (χ3n) is 3.03. The van der Waals surface area contributed by atoms with Crippen molar-refractivity contribution in [3.05, 3.63) is 59.9 Å². The van der Waals surface area contributed by atoms with E-state index in [4.69, 9.17) is 0 Å². The normalized spacial score (nSPS) is 14.2. The molecule has 2 aromatic heterocycles. The largest absolute Gasteiger partial charge is 0.383 e. The molecular formula is C14H15FN2O. The van der Waals surface area contributed by atoms with Gasteiger partial charge >= 0.3 is 0 Å². The summed E-state index contributed by atoms with van der Waals surface area (Å²) in [7, 11) is 0. The molecule has 1 unspecified atom stereocenters. The van der Waals surface area contributed by atoms with E-state index in [1.807, 2.05) is 19.1 Å². The van der Waals surface area contributed by atoms with Crippen LogP contribution in [-0.2, 0) is 12.0 Å². The van der Waals surface area contributed by atoms with Crippen molar-refractivity contribution in [2.75, 3.05) is 0 Å². The zero-order valence-corrected chi connectivity index (χ0v) is 10.2. The van der Waals surface area contributed by atoms with Crippen LogP contribution in [0, 0.1) is 5.82 Å². The van der Waals surface area contributed by atoms with Gasteiger partial charge in [0.25, 0.3) is 0 Å². The van der Waals surface area contributed by atoms with Gasteiger partial charge in [0.1, 0.15) is 11.4 Å². The molecule has 0 aromatic carbocycles. The second-order valence-electron chi connectivity index (χ2n) is 4.28. The second-order valence-corrected chi connectivity index (χ2v) is 4.28. The van der Waals surface area contributed by atoms with Gasteiger partial charge in [0, 0.05) is 18.8 Å². The van der Waals surface area contributed by atoms with E-state index in [2.05, 4.69) is 9.97 Å². The fraction of sp³-hybridized carbons (Fsp3) is 0.286. The summed E-state index contributed by atoms with van der Waals surface area (Å²) in [6.45, 7) is 1.88. The van der Waals surface area contributed by atoms with Crippen LogP contribution in [0.2, 0.25) is 0 Å². The highest BCUT2D eigenvalue weighted by atomic mass is 19.1. The fourth-order valence-corrected chi connectivity index (χ4v) is 1.89. The molecule has 2 heterocycles. The number of rotatable bonds is 4. The summed E-state index contributed by atoms with van der Waals surface area (Å²) in [5.41, 5.74) is 0.387. The van der Waals surface area contributed by atoms with Crippen LogP contribution in [0.1, 0.15) is 24.6 Å². The molecule has 0 amide bonds. The summed E-state index contributed by atoms with van der Waals surface area (Å²) in [6, 6.07) is 6.55. The van der Waals surface area contributed by atoms with Crippen LogP contribution in [0.5, 0.6) is 0 Å². The Morgan fingerprint density at radius 1 is 1.22 bits per heavy atom. The summed E-state index contributed by atoms with van der Waals surface area (Å²) >= 11 is 0. The van der Waals surface area contributed by atoms with E-state index in [-0.39, 0.29) is 0 Å². The lowest BCUT2D eigenvalue weighted by Crippen LogP contribution is -2.29. The van der Waals surface area contributed by atoms with E-state index in [1.165, 1.54) is 12.1 Å². The number of halogens is 1. The summed E-state index contributed by atoms with van der Waals surface area (Å²) < 4.78 is 12.9. The molecule has 0 saturated carbocycles. The van der Waals surface area contributed by atoms with Gasteiger partial charge in [-0.25, -0.2) is 4.39 Å². The third kappa shape index (κ3) is 2.71. The van der Waals surface area contributed by atoms with Crippen molar-refractivity contribution < 1.29 is 9.50 Å². The van der Waals surface area contributed by atoms with Gasteiger partial charge in [0.2, 0.25) is 0 Å². The maximum Gasteiger partial charge on any atom is 0.141 e. The van der Waals surface area contributed by atoms with Crippen LogP contribution in [0.4, 0.5) is 4.39 Å². The minimum Gasteiger partial charge on any atom is -0.383 e. The molecule has 3 nitrogen and oxygen atoms in total. The zero-order chi connectivity index (χ0) is 13.0. The summed E-state index contributed by atoms with van der Waals surface area (Å²) in [4.78, 5) is 7.92. The highest BCUT2D eigenvalue weighted by Gasteiger charge is 2.29. The van der Waals surface area contributed by atoms with E-state index >= 15 is 0 Å². The molecule has 1 N–H and O–H groups in total. The number of hydrogen-bond acceptors (Lipinski definition) is 3. The lowest BCUT2D eigenvalue weighted by atomic mass is 9.88. The molecule has 0 aliphatic rings. The second kappa shape index (κ2) is 5.23. The molecule has 0 radical (unpaired) electrons. The average molecular weight is 246 g/mol. The van der Waals surface area contributed by atoms with Crippen molar-refractivity contribution in [2.45, 2.75) is 25.4 Å². The monoisotopic (exact) mass is 246 g/mol. The first kappa shape index (κ1) is 12.6. The Morgan fingerprint density at radius 2 is 1.94 bits per heavy atom. The van der Waals surface area contributed by atoms with Gasteiger partial charge in [0.15, 0.2) is 0 Å². The van der Waals surface area contributed by atoms with Gasteiger partial charge in [0.05, 0.1) is 11.9 Å². The van der Waals surface area contributed by atoms with Gasteiger partial charge in [-0.3, -0.25) is 9.97 Å². The van der Waals surface area contributed by atoms with Crippen LogP contribution in [-0.4, -0.2) is 15.1 Å². The molecule has 0 aliphatic heterocycles. The molecule has 94 valence electrons. The van der Waals surface area contributed by atoms with E-state index in [1.54, 1.807) is 12.4 Å². The predicted octanol–water partition coefficient (Wildman–Crippen LogP) is 2.46. The molecule has 0 aliphatic carbocycles. The topological polar surface area (TPSA) is 46.0 Å². The van der Waals surface area contributed by atoms with Gasteiger partial charge in [-0.1, -0.05) is 6.92 Å². The first-order chi connectivity index (χ1) is 8.64. The molecular weight excluding hydrogens is 231 g/mol. The average Bonchev–Trinajstić information content (AvgIpc) is 2.40. The highest BCUT2D eigenvalue weighted by Crippen LogP contribution is 2.27. The molecule has 18 heavy (non-hydrogen) atoms. The van der Waals surface area contributed by atoms with Gasteiger partial charge in [-0.05, 0) is 36.2 Å². The van der Waals surface area contributed by atoms with Crippen LogP contribution < -0.4 is 0 Å². The molecule has 1 atom stereocenters. The first-order valence-electron chi connectivity index (χ1n) is 5.87. The van der Waals surface area contributed by atoms with Crippen LogP contribution in [0.25, 0.3) is 0 Å². The van der Waals surface area contributed by atoms with E-state index in [9.17, 15) is 9.50 Å². The number of nitrogens with zero attached hydrogens (tertiary/aromatic N) is 2. The molecule has 2 aromatic rings. The Morgan fingerprint density at radius 3 is 2.50 bits per heavy atom. The quantitative estimate of drug-likeness (QED) is 0.901. The predicted molar refractivity (Wildman–Crippen MR) is 66.3 cm³/mol. The highest BCUT2D eigenvalue weighted by molar-refractivity contribution is 5.20. The molecule has 0 saturated heterocycles. The van der Waals surface area contributed by atoms with Crippen molar-refractivity contribution in [3.8, 4) is 0 Å². The van der Waals surface area contributed by atoms with Crippen LogP contribution >= 0.6 is 0 Å². The molecule has 0 bridgehead atoms. The van der Waals surface area contributed by atoms with Crippen LogP contribution in [0.15, 0.2) is 42.9 Å². The first-order valence-corrected chi connectivity index (χ1v) is 5.87. The smallest absolute Gasteiger partial charge is 0.141 e. The maximum atomic E-state index is 12.9. The van der Waals surface area contributed by atoms with Gasteiger partial charge in [-0.2, -0.15) is 0 Å². The zero-order valence-electron chi connectivity index (χ0n) is 10.2. The lowest BCUT2D eigenvalue weighted by Gasteiger charge is -2.26. The molecule has 4 heteroatoms. The summed E-state index contributed by atoms with van der Waals surface area (Å²) in [5.74, 6) is -0.402. The van der Waals surface area contributed by atoms with E-state index < -0.39 is 11.4 Å². The molecule has 0 fully saturated rings. The van der Waals surface area contributed by atoms with Crippen molar-refractivity contribution in [2.24, 2.45) is 0 Å². The molecule has 0 spiro atoms. The Kier molecular flexibility index (Phi) is 3.67. The van der Waals surface area contributed by atoms with Crippen molar-refractivity contribution in [1.82, 2.24) is 9.97 Å². The number of hydrogen-bond donors (Lipinski definition) is 1. The fourth-order valence-electron chi connectivity index (χ4n) is 1.89. The Labute approximate surface area is 105 Å². The SMILES string of the molecule is CCC(O)(Cc1ccncc1)c1ccc(F)cn1. The summed E-state index contributed by atoms with van der Waals surface area (Å²) in [5, 5.41) is 10.6. The third-order valence-corrected chi connectivity index (χ3v) is 3.03. The Balaban J connectivity index is 2.28. The van der Waals surface area contributed by atoms with E-state index in [0.717, 1.165) is 11.8 Å². The minimum atomic E-state index is -1.07. The van der Waals surface area contributed by atoms with Crippen molar-refractivity contribution >= 4 is 0 Å². The van der Waals surface area contributed by atoms with E-state index in [0.29, 0.717) is 18.5 Å². The minimum absolute atomic E-state index is 0.402. The van der Waals surface area contributed by atoms with Crippen molar-refractivity contribution in [1.29, 1.82) is 0 Å². The van der Waals surface area contributed by atoms with Gasteiger partial charge < -0.3 is 5.11 Å². The summed E-state index contributed by atoms with van der Waals surface area (Å²) in [6.07, 6.45) is 5.44. The van der Waals surface area contributed by atoms with Crippen LogP contribution in [0.3, 0.4) is 0 Å². The van der Waals surface area contributed by atoms with Gasteiger partial charge in [-0.15, -0.1) is 0 Å². The maximum absolute atomic E-state index is 12.9. The lowest BCUT2D eigenvalue weighted by molar-refractivity contribution is 0.0282. The Hall–Kier alpha value is -1.81. The number of pyridine rings is 2. The number of aromatic nitrogens is 2. The number of aliphatic hydroxyl groups is 1. The Bertz CT molecular complexity index is 501.